The Balaban J connectivity index is 1.80. The van der Waals surface area contributed by atoms with Crippen LogP contribution in [0.3, 0.4) is 0 Å². The molecular weight excluding hydrogens is 437 g/mol. The van der Waals surface area contributed by atoms with Crippen LogP contribution in [0.2, 0.25) is 10.3 Å². The number of anilines is 3. The van der Waals surface area contributed by atoms with Gasteiger partial charge in [-0.1, -0.05) is 11.6 Å². The number of hydrogen-bond donors (Lipinski definition) is 2. The van der Waals surface area contributed by atoms with E-state index in [1.165, 1.54) is 6.20 Å². The van der Waals surface area contributed by atoms with E-state index in [9.17, 15) is 4.79 Å². The Kier molecular flexibility index (Phi) is 5.51. The number of nitrogens with zero attached hydrogens (tertiary/aromatic N) is 5. The van der Waals surface area contributed by atoms with Gasteiger partial charge in [0, 0.05) is 42.3 Å². The van der Waals surface area contributed by atoms with E-state index in [0.717, 1.165) is 16.6 Å². The molecule has 4 rings (SSSR count). The first-order chi connectivity index (χ1) is 14.7. The SMILES string of the molecule is Cn1c(=O)cc(NC(C)(C)c2ncccn2)c2cc(Nc3nc(Cl)ncc3Cl)ccc21. The van der Waals surface area contributed by atoms with Crippen molar-refractivity contribution in [3.63, 3.8) is 0 Å². The van der Waals surface area contributed by atoms with Crippen molar-refractivity contribution in [2.75, 3.05) is 10.6 Å². The summed E-state index contributed by atoms with van der Waals surface area (Å²) in [7, 11) is 1.73. The number of fused-ring (bicyclic) bond motifs is 1. The number of halogens is 2. The predicted octanol–water partition coefficient (Wildman–Crippen LogP) is 4.52. The lowest BCUT2D eigenvalue weighted by molar-refractivity contribution is 0.563. The molecule has 3 heterocycles. The normalized spacial score (nSPS) is 11.5. The van der Waals surface area contributed by atoms with Crippen LogP contribution < -0.4 is 16.2 Å². The zero-order valence-electron chi connectivity index (χ0n) is 17.0. The highest BCUT2D eigenvalue weighted by molar-refractivity contribution is 6.33. The number of rotatable bonds is 5. The Morgan fingerprint density at radius 2 is 1.81 bits per heavy atom. The van der Waals surface area contributed by atoms with Gasteiger partial charge in [0.05, 0.1) is 17.3 Å². The van der Waals surface area contributed by atoms with E-state index >= 15 is 0 Å². The maximum atomic E-state index is 12.6. The van der Waals surface area contributed by atoms with Crippen molar-refractivity contribution >= 4 is 51.3 Å². The Labute approximate surface area is 188 Å². The summed E-state index contributed by atoms with van der Waals surface area (Å²) in [6.07, 6.45) is 4.80. The predicted molar refractivity (Wildman–Crippen MR) is 123 cm³/mol. The first kappa shape index (κ1) is 21.0. The fourth-order valence-electron chi connectivity index (χ4n) is 3.23. The fraction of sp³-hybridized carbons (Fsp3) is 0.190. The summed E-state index contributed by atoms with van der Waals surface area (Å²) in [5.74, 6) is 0.999. The van der Waals surface area contributed by atoms with Gasteiger partial charge in [0.2, 0.25) is 5.28 Å². The second-order valence-electron chi connectivity index (χ2n) is 7.47. The van der Waals surface area contributed by atoms with Crippen molar-refractivity contribution in [1.29, 1.82) is 0 Å². The molecule has 0 radical (unpaired) electrons. The minimum absolute atomic E-state index is 0.0852. The Morgan fingerprint density at radius 1 is 1.06 bits per heavy atom. The summed E-state index contributed by atoms with van der Waals surface area (Å²) in [5, 5.41) is 7.82. The summed E-state index contributed by atoms with van der Waals surface area (Å²) in [6, 6.07) is 8.92. The number of aromatic nitrogens is 5. The van der Waals surface area contributed by atoms with Gasteiger partial charge in [-0.25, -0.2) is 15.0 Å². The van der Waals surface area contributed by atoms with Gasteiger partial charge < -0.3 is 15.2 Å². The molecule has 0 unspecified atom stereocenters. The van der Waals surface area contributed by atoms with E-state index in [2.05, 4.69) is 30.6 Å². The number of pyridine rings is 1. The minimum atomic E-state index is -0.618. The molecule has 1 aromatic carbocycles. The monoisotopic (exact) mass is 455 g/mol. The summed E-state index contributed by atoms with van der Waals surface area (Å²) in [4.78, 5) is 29.2. The zero-order valence-corrected chi connectivity index (χ0v) is 18.5. The summed E-state index contributed by atoms with van der Waals surface area (Å²) in [6.45, 7) is 3.91. The third kappa shape index (κ3) is 4.30. The van der Waals surface area contributed by atoms with E-state index in [4.69, 9.17) is 23.2 Å². The van der Waals surface area contributed by atoms with Crippen LogP contribution in [-0.2, 0) is 12.6 Å². The van der Waals surface area contributed by atoms with Crippen LogP contribution in [0.15, 0.2) is 53.7 Å². The second-order valence-corrected chi connectivity index (χ2v) is 8.22. The molecule has 158 valence electrons. The third-order valence-corrected chi connectivity index (χ3v) is 5.25. The van der Waals surface area contributed by atoms with Gasteiger partial charge >= 0.3 is 0 Å². The largest absolute Gasteiger partial charge is 0.372 e. The van der Waals surface area contributed by atoms with Crippen LogP contribution >= 0.6 is 23.2 Å². The van der Waals surface area contributed by atoms with Crippen LogP contribution in [0, 0.1) is 0 Å². The smallest absolute Gasteiger partial charge is 0.252 e. The molecule has 0 bridgehead atoms. The highest BCUT2D eigenvalue weighted by atomic mass is 35.5. The van der Waals surface area contributed by atoms with Crippen molar-refractivity contribution in [1.82, 2.24) is 24.5 Å². The lowest BCUT2D eigenvalue weighted by Gasteiger charge is -2.27. The molecule has 2 N–H and O–H groups in total. The Morgan fingerprint density at radius 3 is 2.55 bits per heavy atom. The van der Waals surface area contributed by atoms with E-state index in [-0.39, 0.29) is 10.8 Å². The van der Waals surface area contributed by atoms with E-state index in [0.29, 0.717) is 22.4 Å². The van der Waals surface area contributed by atoms with Crippen molar-refractivity contribution in [3.8, 4) is 0 Å². The van der Waals surface area contributed by atoms with Gasteiger partial charge in [0.1, 0.15) is 5.02 Å². The van der Waals surface area contributed by atoms with Gasteiger partial charge in [0.25, 0.3) is 5.56 Å². The van der Waals surface area contributed by atoms with Gasteiger partial charge in [-0.2, -0.15) is 4.98 Å². The van der Waals surface area contributed by atoms with E-state index < -0.39 is 5.54 Å². The molecule has 0 saturated carbocycles. The molecule has 0 aliphatic heterocycles. The van der Waals surface area contributed by atoms with Crippen molar-refractivity contribution in [3.05, 3.63) is 75.4 Å². The molecule has 10 heteroatoms. The van der Waals surface area contributed by atoms with Gasteiger partial charge in [-0.15, -0.1) is 0 Å². The summed E-state index contributed by atoms with van der Waals surface area (Å²) in [5.41, 5.74) is 1.39. The molecule has 4 aromatic rings. The van der Waals surface area contributed by atoms with Crippen molar-refractivity contribution < 1.29 is 0 Å². The highest BCUT2D eigenvalue weighted by Gasteiger charge is 2.24. The number of aryl methyl sites for hydroxylation is 1. The van der Waals surface area contributed by atoms with Crippen LogP contribution in [-0.4, -0.2) is 24.5 Å². The molecular formula is C21H19Cl2N7O. The zero-order chi connectivity index (χ0) is 22.2. The second kappa shape index (κ2) is 8.13. The Hall–Kier alpha value is -3.23. The first-order valence-electron chi connectivity index (χ1n) is 9.39. The lowest BCUT2D eigenvalue weighted by atomic mass is 10.0. The van der Waals surface area contributed by atoms with Crippen LogP contribution in [0.5, 0.6) is 0 Å². The lowest BCUT2D eigenvalue weighted by Crippen LogP contribution is -2.31. The molecule has 8 nitrogen and oxygen atoms in total. The average Bonchev–Trinajstić information content (AvgIpc) is 2.75. The molecule has 31 heavy (non-hydrogen) atoms. The molecule has 0 atom stereocenters. The fourth-order valence-corrected chi connectivity index (χ4v) is 3.50. The van der Waals surface area contributed by atoms with Crippen molar-refractivity contribution in [2.24, 2.45) is 7.05 Å². The number of nitrogens with one attached hydrogen (secondary N) is 2. The minimum Gasteiger partial charge on any atom is -0.372 e. The summed E-state index contributed by atoms with van der Waals surface area (Å²) < 4.78 is 1.59. The molecule has 0 fully saturated rings. The molecule has 0 amide bonds. The van der Waals surface area contributed by atoms with Gasteiger partial charge in [0.15, 0.2) is 11.6 Å². The third-order valence-electron chi connectivity index (χ3n) is 4.80. The van der Waals surface area contributed by atoms with Crippen LogP contribution in [0.25, 0.3) is 10.9 Å². The average molecular weight is 456 g/mol. The van der Waals surface area contributed by atoms with Gasteiger partial charge in [-0.05, 0) is 49.7 Å². The Bertz CT molecular complexity index is 1320. The molecule has 0 aliphatic rings. The number of hydrogen-bond acceptors (Lipinski definition) is 7. The standard InChI is InChI=1S/C21H19Cl2N7O/c1-21(2,19-24-7-4-8-25-19)29-15-10-17(31)30(3)16-6-5-12(9-13(15)16)27-18-14(22)11-26-20(23)28-18/h4-11,29H,1-3H3,(H,26,27,28). The van der Waals surface area contributed by atoms with Gasteiger partial charge in [-0.3, -0.25) is 4.79 Å². The van der Waals surface area contributed by atoms with E-state index in [1.54, 1.807) is 36.1 Å². The molecule has 3 aromatic heterocycles. The highest BCUT2D eigenvalue weighted by Crippen LogP contribution is 2.31. The maximum absolute atomic E-state index is 12.6. The van der Waals surface area contributed by atoms with Crippen LogP contribution in [0.4, 0.5) is 17.2 Å². The summed E-state index contributed by atoms with van der Waals surface area (Å²) >= 11 is 12.1. The van der Waals surface area contributed by atoms with Crippen LogP contribution in [0.1, 0.15) is 19.7 Å². The topological polar surface area (TPSA) is 97.6 Å². The number of benzene rings is 1. The quantitative estimate of drug-likeness (QED) is 0.426. The molecule has 0 saturated heterocycles. The molecule has 0 spiro atoms. The molecule has 0 aliphatic carbocycles. The maximum Gasteiger partial charge on any atom is 0.252 e. The first-order valence-corrected chi connectivity index (χ1v) is 10.1. The van der Waals surface area contributed by atoms with Crippen molar-refractivity contribution in [2.45, 2.75) is 19.4 Å². The van der Waals surface area contributed by atoms with E-state index in [1.807, 2.05) is 32.0 Å².